The Morgan fingerprint density at radius 1 is 1.08 bits per heavy atom. The molecule has 25 heavy (non-hydrogen) atoms. The highest BCUT2D eigenvalue weighted by molar-refractivity contribution is 7.89. The van der Waals surface area contributed by atoms with Crippen LogP contribution in [0.5, 0.6) is 11.5 Å². The van der Waals surface area contributed by atoms with Crippen LogP contribution in [0.2, 0.25) is 0 Å². The first kappa shape index (κ1) is 18.4. The van der Waals surface area contributed by atoms with Crippen LogP contribution in [-0.4, -0.2) is 65.4 Å². The summed E-state index contributed by atoms with van der Waals surface area (Å²) in [6.45, 7) is 8.54. The van der Waals surface area contributed by atoms with E-state index in [0.29, 0.717) is 50.4 Å². The van der Waals surface area contributed by atoms with Gasteiger partial charge in [0.05, 0.1) is 18.1 Å². The van der Waals surface area contributed by atoms with Gasteiger partial charge in [0.25, 0.3) is 0 Å². The van der Waals surface area contributed by atoms with Crippen LogP contribution in [0.3, 0.4) is 0 Å². The number of hydrogen-bond acceptors (Lipinski definition) is 6. The molecule has 1 saturated heterocycles. The van der Waals surface area contributed by atoms with Crippen LogP contribution in [-0.2, 0) is 14.8 Å². The zero-order valence-corrected chi connectivity index (χ0v) is 15.5. The van der Waals surface area contributed by atoms with Crippen LogP contribution in [0, 0.1) is 5.92 Å². The smallest absolute Gasteiger partial charge is 0.240 e. The third-order valence-corrected chi connectivity index (χ3v) is 6.01. The fraction of sp³-hybridized carbons (Fsp3) is 0.647. The molecule has 0 spiro atoms. The van der Waals surface area contributed by atoms with E-state index in [1.807, 2.05) is 0 Å². The lowest BCUT2D eigenvalue weighted by atomic mass is 10.0. The van der Waals surface area contributed by atoms with Crippen LogP contribution >= 0.6 is 0 Å². The molecule has 2 aliphatic rings. The summed E-state index contributed by atoms with van der Waals surface area (Å²) in [6.07, 6.45) is 0. The molecule has 2 aliphatic heterocycles. The van der Waals surface area contributed by atoms with Gasteiger partial charge in [-0.2, -0.15) is 0 Å². The van der Waals surface area contributed by atoms with E-state index in [9.17, 15) is 8.42 Å². The largest absolute Gasteiger partial charge is 0.486 e. The minimum Gasteiger partial charge on any atom is -0.486 e. The lowest BCUT2D eigenvalue weighted by molar-refractivity contribution is 0.00776. The Morgan fingerprint density at radius 2 is 1.76 bits per heavy atom. The Labute approximate surface area is 149 Å². The molecule has 0 bridgehead atoms. The van der Waals surface area contributed by atoms with Gasteiger partial charge in [0.15, 0.2) is 11.5 Å². The highest BCUT2D eigenvalue weighted by Gasteiger charge is 2.26. The van der Waals surface area contributed by atoms with Gasteiger partial charge < -0.3 is 14.2 Å². The number of rotatable bonds is 6. The van der Waals surface area contributed by atoms with Crippen molar-refractivity contribution in [2.24, 2.45) is 5.92 Å². The van der Waals surface area contributed by atoms with Crippen molar-refractivity contribution in [3.63, 3.8) is 0 Å². The van der Waals surface area contributed by atoms with E-state index >= 15 is 0 Å². The van der Waals surface area contributed by atoms with Crippen molar-refractivity contribution in [3.8, 4) is 11.5 Å². The van der Waals surface area contributed by atoms with Crippen LogP contribution in [0.1, 0.15) is 13.8 Å². The minimum atomic E-state index is -3.60. The first-order valence-electron chi connectivity index (χ1n) is 8.68. The number of morpholine rings is 1. The first-order valence-corrected chi connectivity index (χ1v) is 10.2. The molecule has 7 nitrogen and oxygen atoms in total. The van der Waals surface area contributed by atoms with Crippen molar-refractivity contribution in [2.75, 3.05) is 46.1 Å². The predicted octanol–water partition coefficient (Wildman–Crippen LogP) is 1.09. The molecule has 2 heterocycles. The third kappa shape index (κ3) is 4.44. The summed E-state index contributed by atoms with van der Waals surface area (Å²) in [5.74, 6) is 1.39. The SMILES string of the molecule is CC(C)C(CNS(=O)(=O)c1ccc2c(c1)OCCO2)N1CCOCC1. The maximum Gasteiger partial charge on any atom is 0.240 e. The average molecular weight is 370 g/mol. The van der Waals surface area contributed by atoms with E-state index in [2.05, 4.69) is 23.5 Å². The Balaban J connectivity index is 1.69. The monoisotopic (exact) mass is 370 g/mol. The van der Waals surface area contributed by atoms with Crippen molar-refractivity contribution in [1.82, 2.24) is 9.62 Å². The van der Waals surface area contributed by atoms with E-state index < -0.39 is 10.0 Å². The maximum absolute atomic E-state index is 12.7. The quantitative estimate of drug-likeness (QED) is 0.808. The van der Waals surface area contributed by atoms with E-state index in [1.165, 1.54) is 6.07 Å². The van der Waals surface area contributed by atoms with Crippen molar-refractivity contribution in [3.05, 3.63) is 18.2 Å². The molecule has 1 N–H and O–H groups in total. The zero-order chi connectivity index (χ0) is 17.9. The van der Waals surface area contributed by atoms with Gasteiger partial charge in [-0.1, -0.05) is 13.8 Å². The second-order valence-corrected chi connectivity index (χ2v) is 8.38. The highest BCUT2D eigenvalue weighted by atomic mass is 32.2. The molecule has 1 aromatic carbocycles. The predicted molar refractivity (Wildman–Crippen MR) is 93.6 cm³/mol. The van der Waals surface area contributed by atoms with Gasteiger partial charge in [0.2, 0.25) is 10.0 Å². The number of ether oxygens (including phenoxy) is 3. The molecule has 140 valence electrons. The molecule has 0 saturated carbocycles. The first-order chi connectivity index (χ1) is 12.0. The van der Waals surface area contributed by atoms with E-state index in [0.717, 1.165) is 13.1 Å². The molecule has 1 atom stereocenters. The van der Waals surface area contributed by atoms with E-state index in [-0.39, 0.29) is 10.9 Å². The van der Waals surface area contributed by atoms with Gasteiger partial charge in [0.1, 0.15) is 13.2 Å². The van der Waals surface area contributed by atoms with Gasteiger partial charge in [-0.05, 0) is 18.1 Å². The molecule has 8 heteroatoms. The Morgan fingerprint density at radius 3 is 2.44 bits per heavy atom. The van der Waals surface area contributed by atoms with E-state index in [1.54, 1.807) is 12.1 Å². The Bertz CT molecular complexity index is 686. The summed E-state index contributed by atoms with van der Waals surface area (Å²) in [6, 6.07) is 4.85. The third-order valence-electron chi connectivity index (χ3n) is 4.59. The van der Waals surface area contributed by atoms with Gasteiger partial charge in [-0.25, -0.2) is 13.1 Å². The van der Waals surface area contributed by atoms with Crippen LogP contribution < -0.4 is 14.2 Å². The zero-order valence-electron chi connectivity index (χ0n) is 14.7. The standard InChI is InChI=1S/C17H26N2O5S/c1-13(2)15(19-5-7-22-8-6-19)12-18-25(20,21)14-3-4-16-17(11-14)24-10-9-23-16/h3-4,11,13,15,18H,5-10,12H2,1-2H3. The number of hydrogen-bond donors (Lipinski definition) is 1. The number of benzene rings is 1. The average Bonchev–Trinajstić information content (AvgIpc) is 2.62. The fourth-order valence-corrected chi connectivity index (χ4v) is 4.23. The van der Waals surface area contributed by atoms with Gasteiger partial charge in [0, 0.05) is 31.7 Å². The number of sulfonamides is 1. The lowest BCUT2D eigenvalue weighted by Crippen LogP contribution is -2.51. The molecule has 1 unspecified atom stereocenters. The van der Waals surface area contributed by atoms with Crippen LogP contribution in [0.4, 0.5) is 0 Å². The minimum absolute atomic E-state index is 0.135. The van der Waals surface area contributed by atoms with Crippen LogP contribution in [0.25, 0.3) is 0 Å². The Hall–Kier alpha value is -1.35. The summed E-state index contributed by atoms with van der Waals surface area (Å²) in [4.78, 5) is 2.49. The summed E-state index contributed by atoms with van der Waals surface area (Å²) in [5.41, 5.74) is 0. The molecule has 0 amide bonds. The van der Waals surface area contributed by atoms with Gasteiger partial charge >= 0.3 is 0 Å². The molecule has 3 rings (SSSR count). The fourth-order valence-electron chi connectivity index (χ4n) is 3.16. The van der Waals surface area contributed by atoms with Crippen LogP contribution in [0.15, 0.2) is 23.1 Å². The lowest BCUT2D eigenvalue weighted by Gasteiger charge is -2.36. The summed E-state index contributed by atoms with van der Waals surface area (Å²) in [7, 11) is -3.60. The number of nitrogens with one attached hydrogen (secondary N) is 1. The van der Waals surface area contributed by atoms with Crippen molar-refractivity contribution in [1.29, 1.82) is 0 Å². The summed E-state index contributed by atoms with van der Waals surface area (Å²) in [5, 5.41) is 0. The van der Waals surface area contributed by atoms with Crippen molar-refractivity contribution < 1.29 is 22.6 Å². The molecule has 0 aromatic heterocycles. The number of nitrogens with zero attached hydrogens (tertiary/aromatic N) is 1. The van der Waals surface area contributed by atoms with Crippen molar-refractivity contribution >= 4 is 10.0 Å². The maximum atomic E-state index is 12.7. The van der Waals surface area contributed by atoms with Gasteiger partial charge in [-0.3, -0.25) is 4.90 Å². The molecule has 1 fully saturated rings. The molecular formula is C17H26N2O5S. The van der Waals surface area contributed by atoms with Gasteiger partial charge in [-0.15, -0.1) is 0 Å². The molecule has 0 aliphatic carbocycles. The highest BCUT2D eigenvalue weighted by Crippen LogP contribution is 2.32. The molecule has 0 radical (unpaired) electrons. The second-order valence-electron chi connectivity index (χ2n) is 6.62. The van der Waals surface area contributed by atoms with Crippen molar-refractivity contribution in [2.45, 2.75) is 24.8 Å². The molecular weight excluding hydrogens is 344 g/mol. The van der Waals surface area contributed by atoms with E-state index in [4.69, 9.17) is 14.2 Å². The molecule has 1 aromatic rings. The number of fused-ring (bicyclic) bond motifs is 1. The topological polar surface area (TPSA) is 77.1 Å². The second kappa shape index (κ2) is 7.90. The summed E-state index contributed by atoms with van der Waals surface area (Å²) >= 11 is 0. The Kier molecular flexibility index (Phi) is 5.83. The summed E-state index contributed by atoms with van der Waals surface area (Å²) < 4.78 is 44.4. The normalized spacial score (nSPS) is 19.8.